The lowest BCUT2D eigenvalue weighted by molar-refractivity contribution is 0.236. The Morgan fingerprint density at radius 2 is 2.10 bits per heavy atom. The van der Waals surface area contributed by atoms with E-state index in [0.29, 0.717) is 12.2 Å². The highest BCUT2D eigenvalue weighted by atomic mass is 32.2. The molecule has 5 nitrogen and oxygen atoms in total. The molecule has 0 spiro atoms. The van der Waals surface area contributed by atoms with Gasteiger partial charge in [-0.05, 0) is 43.5 Å². The van der Waals surface area contributed by atoms with Crippen LogP contribution in [-0.4, -0.2) is 20.1 Å². The smallest absolute Gasteiger partial charge is 0.297 e. The minimum Gasteiger partial charge on any atom is -0.445 e. The summed E-state index contributed by atoms with van der Waals surface area (Å²) in [7, 11) is -3.72. The van der Waals surface area contributed by atoms with Gasteiger partial charge in [-0.1, -0.05) is 17.7 Å². The standard InChI is InChI=1S/C15H17NO4S/c1-11-4-6-14-12(9-11)3-2-8-16(14)21(18,19)15-7-5-13(10-17)20-15/h4-7,9,17H,2-3,8,10H2,1H3. The van der Waals surface area contributed by atoms with Gasteiger partial charge < -0.3 is 9.52 Å². The molecule has 0 saturated carbocycles. The van der Waals surface area contributed by atoms with Crippen molar-refractivity contribution in [3.63, 3.8) is 0 Å². The minimum atomic E-state index is -3.72. The van der Waals surface area contributed by atoms with Gasteiger partial charge in [0.2, 0.25) is 5.09 Å². The molecule has 1 aliphatic rings. The molecular weight excluding hydrogens is 290 g/mol. The Morgan fingerprint density at radius 1 is 1.29 bits per heavy atom. The van der Waals surface area contributed by atoms with E-state index in [1.54, 1.807) is 0 Å². The molecule has 0 unspecified atom stereocenters. The van der Waals surface area contributed by atoms with Crippen molar-refractivity contribution in [3.8, 4) is 0 Å². The van der Waals surface area contributed by atoms with Gasteiger partial charge in [-0.2, -0.15) is 8.42 Å². The lowest BCUT2D eigenvalue weighted by Crippen LogP contribution is -2.35. The van der Waals surface area contributed by atoms with Crippen molar-refractivity contribution in [2.24, 2.45) is 0 Å². The third kappa shape index (κ3) is 2.45. The summed E-state index contributed by atoms with van der Waals surface area (Å²) in [4.78, 5) is 0. The number of rotatable bonds is 3. The molecule has 2 heterocycles. The van der Waals surface area contributed by atoms with Crippen molar-refractivity contribution >= 4 is 15.7 Å². The number of nitrogens with zero attached hydrogens (tertiary/aromatic N) is 1. The lowest BCUT2D eigenvalue weighted by Gasteiger charge is -2.29. The molecule has 2 aromatic rings. The van der Waals surface area contributed by atoms with E-state index in [1.165, 1.54) is 16.4 Å². The fourth-order valence-electron chi connectivity index (χ4n) is 2.63. The quantitative estimate of drug-likeness (QED) is 0.944. The highest BCUT2D eigenvalue weighted by Crippen LogP contribution is 2.33. The molecule has 0 radical (unpaired) electrons. The zero-order valence-electron chi connectivity index (χ0n) is 11.7. The van der Waals surface area contributed by atoms with Crippen LogP contribution in [-0.2, 0) is 23.1 Å². The summed E-state index contributed by atoms with van der Waals surface area (Å²) in [6.45, 7) is 2.12. The van der Waals surface area contributed by atoms with Gasteiger partial charge in [0.25, 0.3) is 10.0 Å². The second-order valence-electron chi connectivity index (χ2n) is 5.19. The Kier molecular flexibility index (Phi) is 3.51. The van der Waals surface area contributed by atoms with E-state index in [9.17, 15) is 8.42 Å². The topological polar surface area (TPSA) is 70.8 Å². The molecule has 0 aliphatic carbocycles. The molecule has 0 bridgehead atoms. The van der Waals surface area contributed by atoms with Crippen LogP contribution in [0.1, 0.15) is 23.3 Å². The predicted octanol–water partition coefficient (Wildman–Crippen LogP) is 2.22. The summed E-state index contributed by atoms with van der Waals surface area (Å²) in [6, 6.07) is 8.65. The number of anilines is 1. The average Bonchev–Trinajstić information content (AvgIpc) is 2.96. The molecule has 1 aromatic heterocycles. The van der Waals surface area contributed by atoms with Gasteiger partial charge >= 0.3 is 0 Å². The van der Waals surface area contributed by atoms with Crippen molar-refractivity contribution in [2.75, 3.05) is 10.8 Å². The molecule has 0 saturated heterocycles. The van der Waals surface area contributed by atoms with Crippen LogP contribution in [0.4, 0.5) is 5.69 Å². The molecule has 0 atom stereocenters. The normalized spacial score (nSPS) is 15.0. The third-order valence-electron chi connectivity index (χ3n) is 3.65. The van der Waals surface area contributed by atoms with Crippen molar-refractivity contribution in [2.45, 2.75) is 31.5 Å². The van der Waals surface area contributed by atoms with E-state index in [0.717, 1.165) is 24.0 Å². The van der Waals surface area contributed by atoms with Crippen molar-refractivity contribution in [1.82, 2.24) is 0 Å². The fraction of sp³-hybridized carbons (Fsp3) is 0.333. The van der Waals surface area contributed by atoms with Gasteiger partial charge in [0, 0.05) is 6.54 Å². The second-order valence-corrected chi connectivity index (χ2v) is 6.99. The van der Waals surface area contributed by atoms with Gasteiger partial charge in [-0.25, -0.2) is 0 Å². The van der Waals surface area contributed by atoms with Gasteiger partial charge in [0.15, 0.2) is 0 Å². The molecule has 1 aliphatic heterocycles. The van der Waals surface area contributed by atoms with E-state index in [1.807, 2.05) is 25.1 Å². The van der Waals surface area contributed by atoms with E-state index in [2.05, 4.69) is 0 Å². The Balaban J connectivity index is 2.05. The first kappa shape index (κ1) is 14.2. The number of furan rings is 1. The van der Waals surface area contributed by atoms with Crippen LogP contribution in [0.5, 0.6) is 0 Å². The number of fused-ring (bicyclic) bond motifs is 1. The number of aryl methyl sites for hydroxylation is 2. The number of sulfonamides is 1. The zero-order valence-corrected chi connectivity index (χ0v) is 12.6. The number of hydrogen-bond acceptors (Lipinski definition) is 4. The summed E-state index contributed by atoms with van der Waals surface area (Å²) < 4.78 is 32.0. The van der Waals surface area contributed by atoms with Crippen molar-refractivity contribution in [3.05, 3.63) is 47.2 Å². The maximum atomic E-state index is 12.7. The summed E-state index contributed by atoms with van der Waals surface area (Å²) in [5.41, 5.74) is 2.88. The van der Waals surface area contributed by atoms with Gasteiger partial charge in [0.05, 0.1) is 5.69 Å². The van der Waals surface area contributed by atoms with E-state index < -0.39 is 10.0 Å². The summed E-state index contributed by atoms with van der Waals surface area (Å²) in [5.74, 6) is 0.245. The first-order valence-electron chi connectivity index (χ1n) is 6.84. The Hall–Kier alpha value is -1.79. The molecule has 0 fully saturated rings. The van der Waals surface area contributed by atoms with Gasteiger partial charge in [-0.3, -0.25) is 4.31 Å². The molecule has 1 aromatic carbocycles. The molecule has 112 valence electrons. The zero-order chi connectivity index (χ0) is 15.0. The SMILES string of the molecule is Cc1ccc2c(c1)CCCN2S(=O)(=O)c1ccc(CO)o1. The van der Waals surface area contributed by atoms with Crippen LogP contribution in [0.25, 0.3) is 0 Å². The van der Waals surface area contributed by atoms with Crippen LogP contribution in [0.15, 0.2) is 39.8 Å². The largest absolute Gasteiger partial charge is 0.445 e. The summed E-state index contributed by atoms with van der Waals surface area (Å²) >= 11 is 0. The molecular formula is C15H17NO4S. The number of hydrogen-bond donors (Lipinski definition) is 1. The van der Waals surface area contributed by atoms with E-state index in [4.69, 9.17) is 9.52 Å². The fourth-order valence-corrected chi connectivity index (χ4v) is 4.11. The number of aliphatic hydroxyl groups is 1. The number of aliphatic hydroxyl groups excluding tert-OH is 1. The van der Waals surface area contributed by atoms with Crippen LogP contribution >= 0.6 is 0 Å². The molecule has 1 N–H and O–H groups in total. The van der Waals surface area contributed by atoms with Crippen LogP contribution in [0.2, 0.25) is 0 Å². The Labute approximate surface area is 123 Å². The lowest BCUT2D eigenvalue weighted by atomic mass is 10.0. The first-order chi connectivity index (χ1) is 10.0. The highest BCUT2D eigenvalue weighted by Gasteiger charge is 2.31. The van der Waals surface area contributed by atoms with Crippen LogP contribution in [0.3, 0.4) is 0 Å². The predicted molar refractivity (Wildman–Crippen MR) is 78.7 cm³/mol. The number of benzene rings is 1. The second kappa shape index (κ2) is 5.20. The van der Waals surface area contributed by atoms with Crippen LogP contribution in [0, 0.1) is 6.92 Å². The van der Waals surface area contributed by atoms with Crippen molar-refractivity contribution < 1.29 is 17.9 Å². The maximum absolute atomic E-state index is 12.7. The Morgan fingerprint density at radius 3 is 2.81 bits per heavy atom. The summed E-state index contributed by atoms with van der Waals surface area (Å²) in [5, 5.41) is 8.89. The van der Waals surface area contributed by atoms with Gasteiger partial charge in [0.1, 0.15) is 12.4 Å². The van der Waals surface area contributed by atoms with E-state index in [-0.39, 0.29) is 17.5 Å². The minimum absolute atomic E-state index is 0.125. The first-order valence-corrected chi connectivity index (χ1v) is 8.28. The van der Waals surface area contributed by atoms with Crippen molar-refractivity contribution in [1.29, 1.82) is 0 Å². The summed E-state index contributed by atoms with van der Waals surface area (Å²) in [6.07, 6.45) is 1.66. The molecule has 21 heavy (non-hydrogen) atoms. The van der Waals surface area contributed by atoms with Gasteiger partial charge in [-0.15, -0.1) is 0 Å². The van der Waals surface area contributed by atoms with Crippen LogP contribution < -0.4 is 4.31 Å². The highest BCUT2D eigenvalue weighted by molar-refractivity contribution is 7.92. The Bertz CT molecular complexity index is 764. The molecule has 6 heteroatoms. The average molecular weight is 307 g/mol. The maximum Gasteiger partial charge on any atom is 0.297 e. The monoisotopic (exact) mass is 307 g/mol. The molecule has 0 amide bonds. The van der Waals surface area contributed by atoms with E-state index >= 15 is 0 Å². The third-order valence-corrected chi connectivity index (χ3v) is 5.34. The molecule has 3 rings (SSSR count).